The number of nitrogens with zero attached hydrogens (tertiary/aromatic N) is 2. The first kappa shape index (κ1) is 13.4. The quantitative estimate of drug-likeness (QED) is 0.862. The number of para-hydroxylation sites is 1. The Morgan fingerprint density at radius 2 is 2.30 bits per heavy atom. The van der Waals surface area contributed by atoms with Gasteiger partial charge in [-0.05, 0) is 18.2 Å². The molecule has 2 N–H and O–H groups in total. The number of thiocarbonyl (C=S) groups is 1. The Balaban J connectivity index is 2.32. The molecule has 2 aromatic rings. The van der Waals surface area contributed by atoms with E-state index >= 15 is 0 Å². The Morgan fingerprint density at radius 3 is 3.00 bits per heavy atom. The second-order valence-electron chi connectivity index (χ2n) is 5.03. The fraction of sp³-hybridized carbons (Fsp3) is 0.333. The summed E-state index contributed by atoms with van der Waals surface area (Å²) < 4.78 is 14.0. The maximum Gasteiger partial charge on any atom is 0.149 e. The number of nitrogens with two attached hydrogens (primary N) is 1. The molecule has 1 aliphatic heterocycles. The minimum absolute atomic E-state index is 0.317. The number of likely N-dealkylation sites (N-methyl/N-ethyl adjacent to an activating group) is 1. The molecule has 0 saturated carbocycles. The molecule has 0 saturated heterocycles. The number of halogens is 1. The van der Waals surface area contributed by atoms with Crippen molar-refractivity contribution in [3.05, 3.63) is 40.8 Å². The summed E-state index contributed by atoms with van der Waals surface area (Å²) in [6, 6.07) is 4.94. The van der Waals surface area contributed by atoms with Crippen molar-refractivity contribution in [3.63, 3.8) is 0 Å². The third kappa shape index (κ3) is 2.07. The van der Waals surface area contributed by atoms with Crippen molar-refractivity contribution in [3.8, 4) is 0 Å². The van der Waals surface area contributed by atoms with Gasteiger partial charge in [0, 0.05) is 36.2 Å². The van der Waals surface area contributed by atoms with E-state index in [-0.39, 0.29) is 5.82 Å². The highest BCUT2D eigenvalue weighted by Crippen LogP contribution is 2.29. The average molecular weight is 289 g/mol. The van der Waals surface area contributed by atoms with Gasteiger partial charge in [-0.3, -0.25) is 4.90 Å². The molecule has 0 amide bonds. The maximum atomic E-state index is 14.0. The molecular formula is C15H16FN3S. The number of hydrogen-bond donors (Lipinski definition) is 1. The largest absolute Gasteiger partial charge is 0.389 e. The predicted molar refractivity (Wildman–Crippen MR) is 82.2 cm³/mol. The summed E-state index contributed by atoms with van der Waals surface area (Å²) in [5.41, 5.74) is 9.05. The lowest BCUT2D eigenvalue weighted by Gasteiger charge is -2.29. The number of aromatic nitrogens is 1. The van der Waals surface area contributed by atoms with Gasteiger partial charge in [0.15, 0.2) is 0 Å². The van der Waals surface area contributed by atoms with Crippen molar-refractivity contribution in [2.24, 2.45) is 5.73 Å². The summed E-state index contributed by atoms with van der Waals surface area (Å²) in [7, 11) is 0. The first-order chi connectivity index (χ1) is 9.61. The van der Waals surface area contributed by atoms with Gasteiger partial charge in [-0.2, -0.15) is 0 Å². The van der Waals surface area contributed by atoms with Crippen molar-refractivity contribution in [1.82, 2.24) is 9.88 Å². The molecule has 0 fully saturated rings. The normalized spacial score (nSPS) is 15.3. The zero-order valence-corrected chi connectivity index (χ0v) is 12.1. The number of rotatable bonds is 2. The van der Waals surface area contributed by atoms with Crippen LogP contribution < -0.4 is 5.73 Å². The standard InChI is InChI=1S/C15H16FN3S/c1-2-19-7-6-12-10(8-19)13(15(17)20)9-4-3-5-11(16)14(9)18-12/h3-5H,2,6-8H2,1H3,(H2,17,20). The molecule has 0 atom stereocenters. The van der Waals surface area contributed by atoms with Crippen LogP contribution in [0, 0.1) is 5.82 Å². The highest BCUT2D eigenvalue weighted by Gasteiger charge is 2.23. The third-order valence-electron chi connectivity index (χ3n) is 3.89. The van der Waals surface area contributed by atoms with E-state index in [9.17, 15) is 4.39 Å². The Hall–Kier alpha value is -1.59. The Kier molecular flexibility index (Phi) is 3.40. The van der Waals surface area contributed by atoms with Crippen LogP contribution in [0.3, 0.4) is 0 Å². The first-order valence-electron chi connectivity index (χ1n) is 6.74. The van der Waals surface area contributed by atoms with Crippen LogP contribution in [0.5, 0.6) is 0 Å². The monoisotopic (exact) mass is 289 g/mol. The van der Waals surface area contributed by atoms with Crippen LogP contribution in [0.2, 0.25) is 0 Å². The molecule has 3 rings (SSSR count). The minimum atomic E-state index is -0.319. The van der Waals surface area contributed by atoms with Gasteiger partial charge in [-0.15, -0.1) is 0 Å². The molecule has 0 spiro atoms. The second-order valence-corrected chi connectivity index (χ2v) is 5.47. The Labute approximate surface area is 122 Å². The molecule has 1 aromatic carbocycles. The summed E-state index contributed by atoms with van der Waals surface area (Å²) in [6.07, 6.45) is 0.809. The molecule has 0 radical (unpaired) electrons. The molecular weight excluding hydrogens is 273 g/mol. The molecule has 5 heteroatoms. The zero-order valence-electron chi connectivity index (χ0n) is 11.3. The van der Waals surface area contributed by atoms with E-state index in [2.05, 4.69) is 16.8 Å². The van der Waals surface area contributed by atoms with Gasteiger partial charge in [0.2, 0.25) is 0 Å². The van der Waals surface area contributed by atoms with Crippen LogP contribution in [0.25, 0.3) is 10.9 Å². The van der Waals surface area contributed by atoms with Crippen LogP contribution in [0.4, 0.5) is 4.39 Å². The van der Waals surface area contributed by atoms with Gasteiger partial charge in [0.05, 0.1) is 0 Å². The van der Waals surface area contributed by atoms with Gasteiger partial charge in [-0.25, -0.2) is 9.37 Å². The molecule has 0 aliphatic carbocycles. The molecule has 3 nitrogen and oxygen atoms in total. The van der Waals surface area contributed by atoms with Crippen molar-refractivity contribution in [1.29, 1.82) is 0 Å². The van der Waals surface area contributed by atoms with Crippen LogP contribution in [0.15, 0.2) is 18.2 Å². The van der Waals surface area contributed by atoms with Crippen LogP contribution in [-0.2, 0) is 13.0 Å². The molecule has 2 heterocycles. The van der Waals surface area contributed by atoms with Gasteiger partial charge >= 0.3 is 0 Å². The van der Waals surface area contributed by atoms with Crippen molar-refractivity contribution in [2.75, 3.05) is 13.1 Å². The zero-order chi connectivity index (χ0) is 14.3. The van der Waals surface area contributed by atoms with Gasteiger partial charge in [0.25, 0.3) is 0 Å². The topological polar surface area (TPSA) is 42.2 Å². The fourth-order valence-corrected chi connectivity index (χ4v) is 3.07. The van der Waals surface area contributed by atoms with Crippen molar-refractivity contribution >= 4 is 28.1 Å². The lowest BCUT2D eigenvalue weighted by atomic mass is 9.95. The Morgan fingerprint density at radius 1 is 1.50 bits per heavy atom. The smallest absolute Gasteiger partial charge is 0.149 e. The number of hydrogen-bond acceptors (Lipinski definition) is 3. The highest BCUT2D eigenvalue weighted by atomic mass is 32.1. The predicted octanol–water partition coefficient (Wildman–Crippen LogP) is 2.39. The van der Waals surface area contributed by atoms with Crippen molar-refractivity contribution < 1.29 is 4.39 Å². The molecule has 0 bridgehead atoms. The average Bonchev–Trinajstić information content (AvgIpc) is 2.44. The summed E-state index contributed by atoms with van der Waals surface area (Å²) >= 11 is 5.20. The maximum absolute atomic E-state index is 14.0. The van der Waals surface area contributed by atoms with Crippen LogP contribution in [0.1, 0.15) is 23.7 Å². The third-order valence-corrected chi connectivity index (χ3v) is 4.10. The molecule has 104 valence electrons. The fourth-order valence-electron chi connectivity index (χ4n) is 2.84. The second kappa shape index (κ2) is 5.07. The van der Waals surface area contributed by atoms with Gasteiger partial charge in [-0.1, -0.05) is 31.3 Å². The molecule has 0 unspecified atom stereocenters. The summed E-state index contributed by atoms with van der Waals surface area (Å²) in [5, 5.41) is 0.717. The highest BCUT2D eigenvalue weighted by molar-refractivity contribution is 7.80. The number of benzene rings is 1. The summed E-state index contributed by atoms with van der Waals surface area (Å²) in [4.78, 5) is 7.14. The minimum Gasteiger partial charge on any atom is -0.389 e. The van der Waals surface area contributed by atoms with Crippen LogP contribution >= 0.6 is 12.2 Å². The first-order valence-corrected chi connectivity index (χ1v) is 7.14. The summed E-state index contributed by atoms with van der Waals surface area (Å²) in [6.45, 7) is 4.81. The molecule has 1 aromatic heterocycles. The van der Waals surface area contributed by atoms with Crippen LogP contribution in [-0.4, -0.2) is 28.0 Å². The number of pyridine rings is 1. The SMILES string of the molecule is CCN1CCc2nc3c(F)cccc3c(C(N)=S)c2C1. The van der Waals surface area contributed by atoms with Crippen molar-refractivity contribution in [2.45, 2.75) is 19.9 Å². The van der Waals surface area contributed by atoms with Gasteiger partial charge < -0.3 is 5.73 Å². The van der Waals surface area contributed by atoms with E-state index in [1.54, 1.807) is 6.07 Å². The van der Waals surface area contributed by atoms with E-state index in [4.69, 9.17) is 18.0 Å². The summed E-state index contributed by atoms with van der Waals surface area (Å²) in [5.74, 6) is -0.319. The lowest BCUT2D eigenvalue weighted by molar-refractivity contribution is 0.266. The Bertz CT molecular complexity index is 699. The lowest BCUT2D eigenvalue weighted by Crippen LogP contribution is -2.33. The number of fused-ring (bicyclic) bond motifs is 2. The van der Waals surface area contributed by atoms with E-state index in [0.717, 1.165) is 42.9 Å². The molecule has 1 aliphatic rings. The van der Waals surface area contributed by atoms with E-state index < -0.39 is 0 Å². The van der Waals surface area contributed by atoms with E-state index in [1.807, 2.05) is 6.07 Å². The van der Waals surface area contributed by atoms with E-state index in [0.29, 0.717) is 15.9 Å². The van der Waals surface area contributed by atoms with Gasteiger partial charge in [0.1, 0.15) is 16.3 Å². The van der Waals surface area contributed by atoms with E-state index in [1.165, 1.54) is 6.07 Å². The molecule has 20 heavy (non-hydrogen) atoms.